The van der Waals surface area contributed by atoms with Gasteiger partial charge in [0.2, 0.25) is 5.69 Å². The molecule has 0 atom stereocenters. The van der Waals surface area contributed by atoms with Gasteiger partial charge in [0.25, 0.3) is 11.4 Å². The standard InChI is InChI=1S/C38H39N4O7S/c1-37(2)28-14-7-9-16-30(28)39(5)34(37)22-18-25-12-11-13-26(19-23-35-38(3,4)29-15-8-10-17-31(29)40(35)6)36(25)49-50(47,48)33-21-20-27(41(43)44)24-32(33)42(45)46/h7-10,14-24H,11-13H2,1-6H3/q+1. The van der Waals surface area contributed by atoms with E-state index in [4.69, 9.17) is 4.18 Å². The number of nitro groups is 2. The fourth-order valence-corrected chi connectivity index (χ4v) is 8.57. The number of para-hydroxylation sites is 2. The molecule has 6 rings (SSSR count). The Kier molecular flexibility index (Phi) is 8.63. The van der Waals surface area contributed by atoms with E-state index in [2.05, 4.69) is 61.4 Å². The molecule has 0 fully saturated rings. The fourth-order valence-electron chi connectivity index (χ4n) is 7.42. The summed E-state index contributed by atoms with van der Waals surface area (Å²) in [5.74, 6) is 0.0875. The lowest BCUT2D eigenvalue weighted by Crippen LogP contribution is -2.26. The van der Waals surface area contributed by atoms with Gasteiger partial charge >= 0.3 is 10.1 Å². The van der Waals surface area contributed by atoms with Gasteiger partial charge in [0.05, 0.1) is 21.3 Å². The molecule has 0 N–H and O–H groups in total. The van der Waals surface area contributed by atoms with Crippen molar-refractivity contribution in [3.05, 3.63) is 145 Å². The number of nitro benzene ring substituents is 2. The van der Waals surface area contributed by atoms with Crippen LogP contribution < -0.4 is 4.90 Å². The predicted molar refractivity (Wildman–Crippen MR) is 192 cm³/mol. The Morgan fingerprint density at radius 2 is 1.54 bits per heavy atom. The van der Waals surface area contributed by atoms with Gasteiger partial charge in [-0.2, -0.15) is 13.0 Å². The second-order valence-electron chi connectivity index (χ2n) is 13.8. The highest BCUT2D eigenvalue weighted by atomic mass is 32.2. The third-order valence-electron chi connectivity index (χ3n) is 10.1. The second kappa shape index (κ2) is 12.5. The summed E-state index contributed by atoms with van der Waals surface area (Å²) in [7, 11) is -0.831. The van der Waals surface area contributed by atoms with Gasteiger partial charge < -0.3 is 9.08 Å². The first-order chi connectivity index (χ1) is 23.6. The van der Waals surface area contributed by atoms with Crippen molar-refractivity contribution in [1.29, 1.82) is 0 Å². The molecule has 12 heteroatoms. The first kappa shape index (κ1) is 34.5. The highest BCUT2D eigenvalue weighted by molar-refractivity contribution is 7.87. The number of likely N-dealkylation sites (N-methyl/N-ethyl adjacent to an activating group) is 1. The fraction of sp³-hybridized carbons (Fsp3) is 0.289. The van der Waals surface area contributed by atoms with Crippen LogP contribution in [0.3, 0.4) is 0 Å². The Balaban J connectivity index is 1.48. The summed E-state index contributed by atoms with van der Waals surface area (Å²) in [5, 5.41) is 23.3. The highest BCUT2D eigenvalue weighted by Crippen LogP contribution is 2.47. The molecule has 11 nitrogen and oxygen atoms in total. The molecule has 1 aliphatic carbocycles. The highest BCUT2D eigenvalue weighted by Gasteiger charge is 2.43. The summed E-state index contributed by atoms with van der Waals surface area (Å²) in [5.41, 5.74) is 5.53. The number of non-ortho nitro benzene ring substituents is 1. The van der Waals surface area contributed by atoms with Gasteiger partial charge in [0.1, 0.15) is 12.8 Å². The Bertz CT molecular complexity index is 2230. The molecule has 0 unspecified atom stereocenters. The molecule has 3 aromatic rings. The average Bonchev–Trinajstić information content (AvgIpc) is 3.39. The Morgan fingerprint density at radius 3 is 2.20 bits per heavy atom. The molecule has 0 saturated heterocycles. The number of hydrogen-bond acceptors (Lipinski definition) is 8. The maximum Gasteiger partial charge on any atom is 0.346 e. The van der Waals surface area contributed by atoms with Crippen LogP contribution in [0.4, 0.5) is 22.7 Å². The van der Waals surface area contributed by atoms with Crippen molar-refractivity contribution in [1.82, 2.24) is 0 Å². The van der Waals surface area contributed by atoms with Crippen molar-refractivity contribution in [2.24, 2.45) is 0 Å². The molecule has 0 saturated carbocycles. The maximum absolute atomic E-state index is 13.9. The molecule has 50 heavy (non-hydrogen) atoms. The number of fused-ring (bicyclic) bond motifs is 2. The maximum atomic E-state index is 13.9. The van der Waals surface area contributed by atoms with E-state index in [0.29, 0.717) is 36.5 Å². The molecular weight excluding hydrogens is 657 g/mol. The van der Waals surface area contributed by atoms with Crippen LogP contribution in [0.15, 0.2) is 119 Å². The summed E-state index contributed by atoms with van der Waals surface area (Å²) >= 11 is 0. The molecule has 0 bridgehead atoms. The lowest BCUT2D eigenvalue weighted by Gasteiger charge is -2.25. The smallest absolute Gasteiger partial charge is 0.346 e. The zero-order valence-electron chi connectivity index (χ0n) is 28.8. The Labute approximate surface area is 291 Å². The summed E-state index contributed by atoms with van der Waals surface area (Å²) in [6, 6.07) is 18.7. The molecule has 3 aliphatic rings. The molecular formula is C38H39N4O7S+. The van der Waals surface area contributed by atoms with Crippen molar-refractivity contribution in [3.63, 3.8) is 0 Å². The topological polar surface area (TPSA) is 136 Å². The molecule has 0 spiro atoms. The molecule has 258 valence electrons. The van der Waals surface area contributed by atoms with Crippen molar-refractivity contribution in [2.45, 2.75) is 62.7 Å². The van der Waals surface area contributed by atoms with Crippen molar-refractivity contribution in [3.8, 4) is 0 Å². The molecule has 2 heterocycles. The number of rotatable bonds is 8. The van der Waals surface area contributed by atoms with E-state index in [1.54, 1.807) is 0 Å². The van der Waals surface area contributed by atoms with Gasteiger partial charge in [-0.25, -0.2) is 0 Å². The van der Waals surface area contributed by atoms with E-state index in [9.17, 15) is 28.6 Å². The molecule has 3 aromatic carbocycles. The Hall–Kier alpha value is -5.36. The van der Waals surface area contributed by atoms with E-state index in [-0.39, 0.29) is 16.6 Å². The number of benzene rings is 3. The SMILES string of the molecule is CN1/C(=C/C=C2\CCCC(/C=C/C3=[N+](C)c4ccccc4C3(C)C)=C2OS(=O)(=O)c2ccc([N+](=O)[O-])cc2[N+](=O)[O-])C(C)(C)c2ccccc21. The number of allylic oxidation sites excluding steroid dienone is 7. The molecule has 0 radical (unpaired) electrons. The quantitative estimate of drug-likeness (QED) is 0.0997. The average molecular weight is 696 g/mol. The Morgan fingerprint density at radius 1 is 0.860 bits per heavy atom. The van der Waals surface area contributed by atoms with E-state index in [0.717, 1.165) is 34.9 Å². The largest absolute Gasteiger partial charge is 0.378 e. The summed E-state index contributed by atoms with van der Waals surface area (Å²) < 4.78 is 35.8. The van der Waals surface area contributed by atoms with Crippen LogP contribution in [-0.2, 0) is 25.1 Å². The summed E-state index contributed by atoms with van der Waals surface area (Å²) in [6.07, 6.45) is 9.41. The molecule has 2 aliphatic heterocycles. The van der Waals surface area contributed by atoms with Crippen LogP contribution in [0.2, 0.25) is 0 Å². The monoisotopic (exact) mass is 695 g/mol. The zero-order chi connectivity index (χ0) is 36.2. The van der Waals surface area contributed by atoms with E-state index in [1.165, 1.54) is 11.1 Å². The van der Waals surface area contributed by atoms with Crippen molar-refractivity contribution in [2.75, 3.05) is 19.0 Å². The van der Waals surface area contributed by atoms with Crippen LogP contribution in [0.5, 0.6) is 0 Å². The van der Waals surface area contributed by atoms with Crippen molar-refractivity contribution < 1.29 is 27.0 Å². The van der Waals surface area contributed by atoms with Gasteiger partial charge in [-0.15, -0.1) is 0 Å². The first-order valence-electron chi connectivity index (χ1n) is 16.3. The van der Waals surface area contributed by atoms with Gasteiger partial charge in [0.15, 0.2) is 10.6 Å². The van der Waals surface area contributed by atoms with Crippen LogP contribution >= 0.6 is 0 Å². The lowest BCUT2D eigenvalue weighted by atomic mass is 9.81. The zero-order valence-corrected chi connectivity index (χ0v) is 29.7. The minimum atomic E-state index is -4.82. The van der Waals surface area contributed by atoms with Gasteiger partial charge in [-0.3, -0.25) is 20.2 Å². The van der Waals surface area contributed by atoms with Crippen LogP contribution in [0.1, 0.15) is 58.1 Å². The number of nitrogens with zero attached hydrogens (tertiary/aromatic N) is 4. The normalized spacial score (nSPS) is 19.8. The lowest BCUT2D eigenvalue weighted by molar-refractivity contribution is -0.401. The van der Waals surface area contributed by atoms with Crippen LogP contribution in [0, 0.1) is 20.2 Å². The summed E-state index contributed by atoms with van der Waals surface area (Å²) in [6.45, 7) is 8.54. The number of hydrogen-bond donors (Lipinski definition) is 0. The number of anilines is 1. The second-order valence-corrected chi connectivity index (χ2v) is 15.3. The third-order valence-corrected chi connectivity index (χ3v) is 11.3. The first-order valence-corrected chi connectivity index (χ1v) is 17.7. The van der Waals surface area contributed by atoms with Gasteiger partial charge in [-0.1, -0.05) is 56.3 Å². The van der Waals surface area contributed by atoms with Gasteiger partial charge in [0, 0.05) is 47.6 Å². The van der Waals surface area contributed by atoms with E-state index < -0.39 is 36.2 Å². The van der Waals surface area contributed by atoms with Gasteiger partial charge in [-0.05, 0) is 74.1 Å². The van der Waals surface area contributed by atoms with Crippen LogP contribution in [0.25, 0.3) is 0 Å². The predicted octanol–water partition coefficient (Wildman–Crippen LogP) is 8.15. The molecule has 0 amide bonds. The van der Waals surface area contributed by atoms with Crippen molar-refractivity contribution >= 4 is 38.6 Å². The minimum absolute atomic E-state index is 0.0875. The minimum Gasteiger partial charge on any atom is -0.378 e. The molecule has 0 aromatic heterocycles. The van der Waals surface area contributed by atoms with E-state index >= 15 is 0 Å². The summed E-state index contributed by atoms with van der Waals surface area (Å²) in [4.78, 5) is 22.9. The van der Waals surface area contributed by atoms with E-state index in [1.807, 2.05) is 62.7 Å². The van der Waals surface area contributed by atoms with Crippen LogP contribution in [-0.4, -0.2) is 42.6 Å². The third kappa shape index (κ3) is 5.83.